The second-order valence-electron chi connectivity index (χ2n) is 4.70. The Morgan fingerprint density at radius 1 is 1.29 bits per heavy atom. The van der Waals surface area contributed by atoms with Crippen LogP contribution in [-0.4, -0.2) is 9.59 Å². The van der Waals surface area contributed by atoms with Crippen LogP contribution >= 0.6 is 11.5 Å². The highest BCUT2D eigenvalue weighted by atomic mass is 32.1. The van der Waals surface area contributed by atoms with Gasteiger partial charge in [-0.2, -0.15) is 0 Å². The summed E-state index contributed by atoms with van der Waals surface area (Å²) in [4.78, 5) is 1.20. The van der Waals surface area contributed by atoms with E-state index in [4.69, 9.17) is 5.73 Å². The minimum Gasteiger partial charge on any atom is -0.323 e. The molecule has 2 N–H and O–H groups in total. The molecule has 2 unspecified atom stereocenters. The van der Waals surface area contributed by atoms with Crippen LogP contribution in [0.25, 0.3) is 0 Å². The van der Waals surface area contributed by atoms with Gasteiger partial charge in [-0.3, -0.25) is 0 Å². The molecule has 0 aliphatic carbocycles. The summed E-state index contributed by atoms with van der Waals surface area (Å²) < 4.78 is 4.02. The lowest BCUT2D eigenvalue weighted by molar-refractivity contribution is 0.389. The van der Waals surface area contributed by atoms with E-state index in [0.29, 0.717) is 0 Å². The third kappa shape index (κ3) is 4.36. The van der Waals surface area contributed by atoms with Gasteiger partial charge in [-0.1, -0.05) is 50.9 Å². The monoisotopic (exact) mass is 255 g/mol. The van der Waals surface area contributed by atoms with Crippen molar-refractivity contribution in [1.82, 2.24) is 9.59 Å². The lowest BCUT2D eigenvalue weighted by Gasteiger charge is -2.18. The number of rotatable bonds is 8. The summed E-state index contributed by atoms with van der Waals surface area (Å²) in [7, 11) is 0. The highest BCUT2D eigenvalue weighted by molar-refractivity contribution is 7.05. The molecule has 98 valence electrons. The summed E-state index contributed by atoms with van der Waals surface area (Å²) in [6, 6.07) is 0.131. The van der Waals surface area contributed by atoms with Crippen molar-refractivity contribution >= 4 is 11.5 Å². The molecule has 0 spiro atoms. The summed E-state index contributed by atoms with van der Waals surface area (Å²) in [5.74, 6) is 0.747. The average molecular weight is 255 g/mol. The van der Waals surface area contributed by atoms with Gasteiger partial charge in [0.1, 0.15) is 0 Å². The quantitative estimate of drug-likeness (QED) is 0.770. The zero-order valence-electron chi connectivity index (χ0n) is 11.3. The first-order valence-electron chi connectivity index (χ1n) is 6.79. The van der Waals surface area contributed by atoms with E-state index < -0.39 is 0 Å². The van der Waals surface area contributed by atoms with Crippen molar-refractivity contribution in [2.24, 2.45) is 11.7 Å². The molecular weight excluding hydrogens is 230 g/mol. The molecule has 1 heterocycles. The molecule has 2 atom stereocenters. The Morgan fingerprint density at radius 2 is 2.06 bits per heavy atom. The summed E-state index contributed by atoms with van der Waals surface area (Å²) in [6.07, 6.45) is 7.12. The number of nitrogens with zero attached hydrogens (tertiary/aromatic N) is 2. The first-order valence-corrected chi connectivity index (χ1v) is 7.56. The van der Waals surface area contributed by atoms with Gasteiger partial charge >= 0.3 is 0 Å². The fraction of sp³-hybridized carbons (Fsp3) is 0.846. The third-order valence-electron chi connectivity index (χ3n) is 3.39. The number of unbranched alkanes of at least 4 members (excludes halogenated alkanes) is 1. The van der Waals surface area contributed by atoms with Gasteiger partial charge in [-0.15, -0.1) is 5.10 Å². The molecule has 0 amide bonds. The van der Waals surface area contributed by atoms with E-state index in [9.17, 15) is 0 Å². The number of nitrogens with two attached hydrogens (primary N) is 1. The molecule has 0 saturated heterocycles. The summed E-state index contributed by atoms with van der Waals surface area (Å²) in [5.41, 5.74) is 7.39. The predicted octanol–water partition coefficient (Wildman–Crippen LogP) is 3.71. The van der Waals surface area contributed by atoms with Crippen LogP contribution in [0.5, 0.6) is 0 Å². The first kappa shape index (κ1) is 14.6. The molecule has 0 radical (unpaired) electrons. The van der Waals surface area contributed by atoms with Crippen LogP contribution in [0.3, 0.4) is 0 Å². The average Bonchev–Trinajstić information content (AvgIpc) is 2.82. The maximum absolute atomic E-state index is 6.29. The summed E-state index contributed by atoms with van der Waals surface area (Å²) in [5, 5.41) is 4.14. The highest BCUT2D eigenvalue weighted by Crippen LogP contribution is 2.28. The predicted molar refractivity (Wildman–Crippen MR) is 74.1 cm³/mol. The van der Waals surface area contributed by atoms with Crippen LogP contribution in [0.4, 0.5) is 0 Å². The van der Waals surface area contributed by atoms with Gasteiger partial charge in [0, 0.05) is 6.04 Å². The van der Waals surface area contributed by atoms with Crippen LogP contribution in [0.2, 0.25) is 0 Å². The van der Waals surface area contributed by atoms with Crippen LogP contribution < -0.4 is 5.73 Å². The molecule has 17 heavy (non-hydrogen) atoms. The van der Waals surface area contributed by atoms with E-state index in [0.717, 1.165) is 24.5 Å². The minimum atomic E-state index is 0.131. The second kappa shape index (κ2) is 7.77. The lowest BCUT2D eigenvalue weighted by Crippen LogP contribution is -2.15. The third-order valence-corrected chi connectivity index (χ3v) is 4.29. The summed E-state index contributed by atoms with van der Waals surface area (Å²) >= 11 is 1.47. The maximum atomic E-state index is 6.29. The zero-order valence-corrected chi connectivity index (χ0v) is 12.1. The highest BCUT2D eigenvalue weighted by Gasteiger charge is 2.18. The van der Waals surface area contributed by atoms with Crippen molar-refractivity contribution in [1.29, 1.82) is 0 Å². The summed E-state index contributed by atoms with van der Waals surface area (Å²) in [6.45, 7) is 6.62. The minimum absolute atomic E-state index is 0.131. The Labute approximate surface area is 109 Å². The van der Waals surface area contributed by atoms with Crippen LogP contribution in [-0.2, 0) is 6.42 Å². The number of hydrogen-bond donors (Lipinski definition) is 1. The van der Waals surface area contributed by atoms with Crippen molar-refractivity contribution in [3.8, 4) is 0 Å². The molecule has 0 aliphatic heterocycles. The topological polar surface area (TPSA) is 51.8 Å². The van der Waals surface area contributed by atoms with Crippen molar-refractivity contribution in [3.05, 3.63) is 10.6 Å². The Hall–Kier alpha value is -0.480. The van der Waals surface area contributed by atoms with Gasteiger partial charge in [0.05, 0.1) is 10.6 Å². The molecule has 0 aromatic carbocycles. The Balaban J connectivity index is 2.54. The fourth-order valence-electron chi connectivity index (χ4n) is 2.19. The number of aromatic nitrogens is 2. The van der Waals surface area contributed by atoms with E-state index in [-0.39, 0.29) is 6.04 Å². The van der Waals surface area contributed by atoms with Crippen molar-refractivity contribution < 1.29 is 0 Å². The number of hydrogen-bond acceptors (Lipinski definition) is 4. The van der Waals surface area contributed by atoms with Gasteiger partial charge in [-0.05, 0) is 30.3 Å². The molecule has 0 aliphatic rings. The van der Waals surface area contributed by atoms with Crippen molar-refractivity contribution in [3.63, 3.8) is 0 Å². The molecule has 0 fully saturated rings. The van der Waals surface area contributed by atoms with Gasteiger partial charge in [0.25, 0.3) is 0 Å². The smallest absolute Gasteiger partial charge is 0.0800 e. The number of aryl methyl sites for hydroxylation is 1. The van der Waals surface area contributed by atoms with Crippen LogP contribution in [0.1, 0.15) is 69.5 Å². The molecule has 3 nitrogen and oxygen atoms in total. The lowest BCUT2D eigenvalue weighted by atomic mass is 9.91. The van der Waals surface area contributed by atoms with E-state index in [1.165, 1.54) is 42.1 Å². The van der Waals surface area contributed by atoms with Gasteiger partial charge in [0.2, 0.25) is 0 Å². The van der Waals surface area contributed by atoms with Crippen LogP contribution in [0.15, 0.2) is 0 Å². The van der Waals surface area contributed by atoms with E-state index in [1.54, 1.807) is 0 Å². The normalized spacial score (nSPS) is 14.8. The molecular formula is C13H25N3S. The van der Waals surface area contributed by atoms with Crippen LogP contribution in [0, 0.1) is 5.92 Å². The van der Waals surface area contributed by atoms with E-state index >= 15 is 0 Å². The first-order chi connectivity index (χ1) is 8.22. The molecule has 4 heteroatoms. The molecule has 1 rings (SSSR count). The Kier molecular flexibility index (Phi) is 6.66. The molecule has 1 aromatic rings. The van der Waals surface area contributed by atoms with E-state index in [2.05, 4.69) is 30.4 Å². The standard InChI is InChI=1S/C13H25N3S/c1-4-7-8-10(5-2)9-11(14)13-12(6-3)15-16-17-13/h10-11H,4-9,14H2,1-3H3. The SMILES string of the molecule is CCCCC(CC)CC(N)c1snnc1CC. The molecule has 1 aromatic heterocycles. The Bertz CT molecular complexity index is 311. The largest absolute Gasteiger partial charge is 0.323 e. The van der Waals surface area contributed by atoms with Crippen molar-refractivity contribution in [2.45, 2.75) is 65.3 Å². The molecule has 0 saturated carbocycles. The van der Waals surface area contributed by atoms with E-state index in [1.807, 2.05) is 0 Å². The van der Waals surface area contributed by atoms with Gasteiger partial charge in [-0.25, -0.2) is 0 Å². The Morgan fingerprint density at radius 3 is 2.65 bits per heavy atom. The maximum Gasteiger partial charge on any atom is 0.0800 e. The fourth-order valence-corrected chi connectivity index (χ4v) is 2.94. The van der Waals surface area contributed by atoms with Gasteiger partial charge < -0.3 is 5.73 Å². The molecule has 0 bridgehead atoms. The zero-order chi connectivity index (χ0) is 12.7. The second-order valence-corrected chi connectivity index (χ2v) is 5.48. The van der Waals surface area contributed by atoms with Crippen molar-refractivity contribution in [2.75, 3.05) is 0 Å². The van der Waals surface area contributed by atoms with Gasteiger partial charge in [0.15, 0.2) is 0 Å².